The Morgan fingerprint density at radius 3 is 2.79 bits per heavy atom. The van der Waals surface area contributed by atoms with Gasteiger partial charge in [-0.05, 0) is 31.7 Å². The van der Waals surface area contributed by atoms with Crippen LogP contribution in [0.25, 0.3) is 0 Å². The summed E-state index contributed by atoms with van der Waals surface area (Å²) in [7, 11) is 0. The number of aromatic nitrogens is 3. The third kappa shape index (κ3) is 4.13. The second-order valence-electron chi connectivity index (χ2n) is 8.74. The van der Waals surface area contributed by atoms with E-state index in [0.29, 0.717) is 37.7 Å². The molecule has 2 aliphatic rings. The zero-order valence-corrected chi connectivity index (χ0v) is 19.0. The minimum atomic E-state index is -0.148. The van der Waals surface area contributed by atoms with Gasteiger partial charge in [-0.1, -0.05) is 42.4 Å². The van der Waals surface area contributed by atoms with Crippen LogP contribution < -0.4 is 4.90 Å². The Morgan fingerprint density at radius 2 is 2.03 bits per heavy atom. The molecular weight excluding hydrogens is 418 g/mol. The average Bonchev–Trinajstić information content (AvgIpc) is 3.45. The molecule has 0 spiro atoms. The van der Waals surface area contributed by atoms with Crippen molar-refractivity contribution in [3.05, 3.63) is 70.5 Å². The number of benzene rings is 1. The number of anilines is 1. The molecule has 1 aromatic carbocycles. The van der Waals surface area contributed by atoms with Gasteiger partial charge in [0, 0.05) is 36.3 Å². The summed E-state index contributed by atoms with van der Waals surface area (Å²) in [6.45, 7) is 5.59. The number of likely N-dealkylation sites (tertiary alicyclic amines) is 1. The number of nitrogens with zero attached hydrogens (tertiary/aromatic N) is 5. The first-order valence-electron chi connectivity index (χ1n) is 11.5. The summed E-state index contributed by atoms with van der Waals surface area (Å²) >= 11 is 0. The van der Waals surface area contributed by atoms with Crippen molar-refractivity contribution in [1.82, 2.24) is 20.0 Å². The highest BCUT2D eigenvalue weighted by atomic mass is 16.5. The molecule has 2 aliphatic heterocycles. The van der Waals surface area contributed by atoms with Gasteiger partial charge >= 0.3 is 0 Å². The summed E-state index contributed by atoms with van der Waals surface area (Å²) in [5.74, 6) is 1.58. The Morgan fingerprint density at radius 1 is 1.21 bits per heavy atom. The van der Waals surface area contributed by atoms with Gasteiger partial charge in [-0.3, -0.25) is 14.5 Å². The third-order valence-corrected chi connectivity index (χ3v) is 6.48. The lowest BCUT2D eigenvalue weighted by Gasteiger charge is -2.31. The largest absolute Gasteiger partial charge is 0.351 e. The smallest absolute Gasteiger partial charge is 0.292 e. The van der Waals surface area contributed by atoms with Gasteiger partial charge in [0.1, 0.15) is 11.6 Å². The molecule has 8 heteroatoms. The van der Waals surface area contributed by atoms with Gasteiger partial charge in [-0.25, -0.2) is 9.97 Å². The minimum absolute atomic E-state index is 0.00884. The number of fused-ring (bicyclic) bond motifs is 1. The molecule has 0 radical (unpaired) electrons. The lowest BCUT2D eigenvalue weighted by atomic mass is 9.96. The Bertz CT molecular complexity index is 1190. The van der Waals surface area contributed by atoms with Crippen LogP contribution in [0.2, 0.25) is 0 Å². The van der Waals surface area contributed by atoms with E-state index < -0.39 is 0 Å². The van der Waals surface area contributed by atoms with E-state index in [-0.39, 0.29) is 23.5 Å². The van der Waals surface area contributed by atoms with Crippen molar-refractivity contribution in [2.24, 2.45) is 0 Å². The molecule has 1 fully saturated rings. The molecule has 2 aromatic heterocycles. The highest BCUT2D eigenvalue weighted by molar-refractivity contribution is 6.00. The SMILES string of the molecule is CCc1cc(C(=O)N2CCC[C@@H](c3nc(C)c4c(n3)N(Cc3ccccc3)C(=O)C4)C2)on1. The fraction of sp³-hybridized carbons (Fsp3) is 0.400. The number of piperidine rings is 1. The van der Waals surface area contributed by atoms with Crippen molar-refractivity contribution in [1.29, 1.82) is 0 Å². The average molecular weight is 446 g/mol. The number of hydrogen-bond acceptors (Lipinski definition) is 6. The van der Waals surface area contributed by atoms with E-state index in [1.807, 2.05) is 44.2 Å². The van der Waals surface area contributed by atoms with Crippen molar-refractivity contribution in [2.75, 3.05) is 18.0 Å². The Balaban J connectivity index is 1.39. The molecule has 170 valence electrons. The number of aryl methyl sites for hydroxylation is 2. The van der Waals surface area contributed by atoms with Gasteiger partial charge in [0.15, 0.2) is 0 Å². The van der Waals surface area contributed by atoms with Gasteiger partial charge in [0.25, 0.3) is 5.91 Å². The van der Waals surface area contributed by atoms with Crippen LogP contribution in [0, 0.1) is 6.92 Å². The predicted octanol–water partition coefficient (Wildman–Crippen LogP) is 3.44. The monoisotopic (exact) mass is 445 g/mol. The molecule has 0 bridgehead atoms. The van der Waals surface area contributed by atoms with Crippen molar-refractivity contribution in [2.45, 2.75) is 52.0 Å². The standard InChI is InChI=1S/C25H27N5O3/c1-3-19-12-21(33-28-19)25(32)29-11-7-10-18(15-29)23-26-16(2)20-13-22(31)30(24(20)27-23)14-17-8-5-4-6-9-17/h4-6,8-9,12,18H,3,7,10-11,13-15H2,1-2H3/t18-/m1/s1. The molecule has 0 unspecified atom stereocenters. The molecule has 1 atom stereocenters. The molecule has 5 rings (SSSR count). The lowest BCUT2D eigenvalue weighted by Crippen LogP contribution is -2.39. The summed E-state index contributed by atoms with van der Waals surface area (Å²) in [5, 5.41) is 3.94. The molecule has 3 aromatic rings. The van der Waals surface area contributed by atoms with Crippen molar-refractivity contribution in [3.8, 4) is 0 Å². The van der Waals surface area contributed by atoms with Crippen LogP contribution in [0.3, 0.4) is 0 Å². The molecule has 33 heavy (non-hydrogen) atoms. The van der Waals surface area contributed by atoms with Gasteiger partial charge in [-0.15, -0.1) is 0 Å². The van der Waals surface area contributed by atoms with Crippen LogP contribution in [0.5, 0.6) is 0 Å². The first kappa shape index (κ1) is 21.3. The van der Waals surface area contributed by atoms with E-state index >= 15 is 0 Å². The molecule has 0 N–H and O–H groups in total. The van der Waals surface area contributed by atoms with E-state index in [2.05, 4.69) is 5.16 Å². The molecule has 4 heterocycles. The van der Waals surface area contributed by atoms with E-state index in [9.17, 15) is 9.59 Å². The number of carbonyl (C=O) groups excluding carboxylic acids is 2. The van der Waals surface area contributed by atoms with Crippen molar-refractivity contribution in [3.63, 3.8) is 0 Å². The number of carbonyl (C=O) groups is 2. The molecule has 1 saturated heterocycles. The van der Waals surface area contributed by atoms with Crippen molar-refractivity contribution >= 4 is 17.6 Å². The van der Waals surface area contributed by atoms with Gasteiger partial charge in [0.05, 0.1) is 18.7 Å². The topological polar surface area (TPSA) is 92.4 Å². The van der Waals surface area contributed by atoms with Crippen LogP contribution in [0.4, 0.5) is 5.82 Å². The molecule has 0 aliphatic carbocycles. The van der Waals surface area contributed by atoms with Gasteiger partial charge < -0.3 is 9.42 Å². The number of hydrogen-bond donors (Lipinski definition) is 0. The maximum Gasteiger partial charge on any atom is 0.292 e. The van der Waals surface area contributed by atoms with Crippen LogP contribution >= 0.6 is 0 Å². The maximum absolute atomic E-state index is 13.0. The maximum atomic E-state index is 13.0. The predicted molar refractivity (Wildman–Crippen MR) is 122 cm³/mol. The molecule has 0 saturated carbocycles. The Labute approximate surface area is 192 Å². The molecule has 2 amide bonds. The summed E-state index contributed by atoms with van der Waals surface area (Å²) in [6.07, 6.45) is 2.80. The van der Waals surface area contributed by atoms with Gasteiger partial charge in [0.2, 0.25) is 11.7 Å². The lowest BCUT2D eigenvalue weighted by molar-refractivity contribution is -0.117. The third-order valence-electron chi connectivity index (χ3n) is 6.48. The normalized spacial score (nSPS) is 18.0. The fourth-order valence-electron chi connectivity index (χ4n) is 4.62. The molecular formula is C25H27N5O3. The summed E-state index contributed by atoms with van der Waals surface area (Å²) in [5.41, 5.74) is 3.57. The van der Waals surface area contributed by atoms with Crippen molar-refractivity contribution < 1.29 is 14.1 Å². The van der Waals surface area contributed by atoms with E-state index in [4.69, 9.17) is 14.5 Å². The summed E-state index contributed by atoms with van der Waals surface area (Å²) < 4.78 is 5.26. The van der Waals surface area contributed by atoms with Gasteiger partial charge in [-0.2, -0.15) is 0 Å². The second kappa shape index (κ2) is 8.77. The Hall–Kier alpha value is -3.55. The van der Waals surface area contributed by atoms with E-state index in [0.717, 1.165) is 41.8 Å². The summed E-state index contributed by atoms with van der Waals surface area (Å²) in [6, 6.07) is 11.6. The zero-order chi connectivity index (χ0) is 22.9. The quantitative estimate of drug-likeness (QED) is 0.597. The highest BCUT2D eigenvalue weighted by Crippen LogP contribution is 2.33. The Kier molecular flexibility index (Phi) is 5.66. The molecule has 8 nitrogen and oxygen atoms in total. The van der Waals surface area contributed by atoms with Crippen LogP contribution in [-0.2, 0) is 24.2 Å². The highest BCUT2D eigenvalue weighted by Gasteiger charge is 2.34. The second-order valence-corrected chi connectivity index (χ2v) is 8.74. The van der Waals surface area contributed by atoms with Crippen LogP contribution in [0.15, 0.2) is 40.9 Å². The van der Waals surface area contributed by atoms with Crippen LogP contribution in [-0.4, -0.2) is 44.9 Å². The number of amides is 2. The first-order chi connectivity index (χ1) is 16.0. The minimum Gasteiger partial charge on any atom is -0.351 e. The zero-order valence-electron chi connectivity index (χ0n) is 19.0. The summed E-state index contributed by atoms with van der Waals surface area (Å²) in [4.78, 5) is 38.9. The number of rotatable bonds is 5. The van der Waals surface area contributed by atoms with E-state index in [1.54, 1.807) is 15.9 Å². The first-order valence-corrected chi connectivity index (χ1v) is 11.5. The van der Waals surface area contributed by atoms with E-state index in [1.165, 1.54) is 0 Å². The fourth-order valence-corrected chi connectivity index (χ4v) is 4.62. The van der Waals surface area contributed by atoms with Crippen LogP contribution in [0.1, 0.15) is 64.6 Å².